The number of aromatic nitrogens is 6. The zero-order valence-electron chi connectivity index (χ0n) is 17.0. The standard InChI is InChI=1S/C22H23N7OS/c30-20(23-12-11-19-25-24-18-8-4-5-13-28(18)19)15-31-22-27-26-21(17-9-10-17)29(22)14-16-6-2-1-3-7-16/h1-8,13,17H,9-12,14-15H2,(H,23,30). The van der Waals surface area contributed by atoms with Gasteiger partial charge in [-0.1, -0.05) is 48.2 Å². The molecule has 0 bridgehead atoms. The van der Waals surface area contributed by atoms with E-state index in [1.165, 1.54) is 17.3 Å². The lowest BCUT2D eigenvalue weighted by atomic mass is 10.2. The van der Waals surface area contributed by atoms with Crippen molar-refractivity contribution in [2.75, 3.05) is 12.3 Å². The lowest BCUT2D eigenvalue weighted by Crippen LogP contribution is -2.28. The zero-order valence-corrected chi connectivity index (χ0v) is 17.8. The first kappa shape index (κ1) is 19.7. The van der Waals surface area contributed by atoms with Crippen molar-refractivity contribution in [3.63, 3.8) is 0 Å². The number of carbonyl (C=O) groups is 1. The maximum Gasteiger partial charge on any atom is 0.230 e. The highest BCUT2D eigenvalue weighted by Crippen LogP contribution is 2.40. The smallest absolute Gasteiger partial charge is 0.230 e. The van der Waals surface area contributed by atoms with E-state index in [1.54, 1.807) is 0 Å². The molecule has 9 heteroatoms. The van der Waals surface area contributed by atoms with Crippen LogP contribution < -0.4 is 5.32 Å². The summed E-state index contributed by atoms with van der Waals surface area (Å²) in [5, 5.41) is 20.9. The van der Waals surface area contributed by atoms with E-state index >= 15 is 0 Å². The summed E-state index contributed by atoms with van der Waals surface area (Å²) in [5.74, 6) is 2.64. The number of pyridine rings is 1. The number of nitrogens with zero attached hydrogens (tertiary/aromatic N) is 6. The van der Waals surface area contributed by atoms with Crippen LogP contribution in [0.4, 0.5) is 0 Å². The second-order valence-electron chi connectivity index (χ2n) is 7.62. The van der Waals surface area contributed by atoms with Crippen LogP contribution in [0.2, 0.25) is 0 Å². The van der Waals surface area contributed by atoms with Crippen LogP contribution in [-0.4, -0.2) is 47.6 Å². The first-order chi connectivity index (χ1) is 15.3. The van der Waals surface area contributed by atoms with Crippen molar-refractivity contribution >= 4 is 23.3 Å². The van der Waals surface area contributed by atoms with Crippen LogP contribution in [0, 0.1) is 0 Å². The molecule has 1 N–H and O–H groups in total. The Kier molecular flexibility index (Phi) is 5.66. The fourth-order valence-electron chi connectivity index (χ4n) is 3.52. The van der Waals surface area contributed by atoms with Crippen molar-refractivity contribution in [2.45, 2.75) is 36.9 Å². The van der Waals surface area contributed by atoms with Gasteiger partial charge in [-0.25, -0.2) is 0 Å². The minimum absolute atomic E-state index is 0.0268. The molecule has 1 aliphatic carbocycles. The van der Waals surface area contributed by atoms with E-state index < -0.39 is 0 Å². The number of rotatable bonds is 9. The summed E-state index contributed by atoms with van der Waals surface area (Å²) in [6.45, 7) is 1.24. The predicted molar refractivity (Wildman–Crippen MR) is 118 cm³/mol. The van der Waals surface area contributed by atoms with Gasteiger partial charge < -0.3 is 9.88 Å². The van der Waals surface area contributed by atoms with Crippen LogP contribution in [0.1, 0.15) is 36.0 Å². The lowest BCUT2D eigenvalue weighted by Gasteiger charge is -2.10. The molecule has 0 saturated heterocycles. The summed E-state index contributed by atoms with van der Waals surface area (Å²) in [6.07, 6.45) is 4.88. The van der Waals surface area contributed by atoms with Crippen molar-refractivity contribution in [1.82, 2.24) is 34.7 Å². The fraction of sp³-hybridized carbons (Fsp3) is 0.318. The van der Waals surface area contributed by atoms with Crippen molar-refractivity contribution in [1.29, 1.82) is 0 Å². The Morgan fingerprint density at radius 3 is 2.71 bits per heavy atom. The van der Waals surface area contributed by atoms with E-state index in [4.69, 9.17) is 0 Å². The Bertz CT molecular complexity index is 1180. The van der Waals surface area contributed by atoms with Gasteiger partial charge in [-0.15, -0.1) is 20.4 Å². The van der Waals surface area contributed by atoms with E-state index in [2.05, 4.69) is 42.4 Å². The third kappa shape index (κ3) is 4.61. The molecule has 1 aliphatic rings. The van der Waals surface area contributed by atoms with Crippen molar-refractivity contribution in [2.24, 2.45) is 0 Å². The van der Waals surface area contributed by atoms with Crippen LogP contribution in [-0.2, 0) is 17.8 Å². The Morgan fingerprint density at radius 1 is 1.03 bits per heavy atom. The molecule has 0 unspecified atom stereocenters. The van der Waals surface area contributed by atoms with Gasteiger partial charge in [-0.2, -0.15) is 0 Å². The second-order valence-corrected chi connectivity index (χ2v) is 8.56. The third-order valence-corrected chi connectivity index (χ3v) is 6.23. The quantitative estimate of drug-likeness (QED) is 0.408. The van der Waals surface area contributed by atoms with Gasteiger partial charge in [0.05, 0.1) is 12.3 Å². The number of amides is 1. The molecule has 4 aromatic rings. The molecule has 1 amide bonds. The second kappa shape index (κ2) is 8.89. The van der Waals surface area contributed by atoms with Crippen LogP contribution in [0.25, 0.3) is 5.65 Å². The third-order valence-electron chi connectivity index (χ3n) is 5.26. The van der Waals surface area contributed by atoms with Crippen LogP contribution in [0.15, 0.2) is 59.9 Å². The summed E-state index contributed by atoms with van der Waals surface area (Å²) in [7, 11) is 0. The number of hydrogen-bond donors (Lipinski definition) is 1. The molecule has 0 aliphatic heterocycles. The molecule has 1 aromatic carbocycles. The molecule has 3 aromatic heterocycles. The first-order valence-electron chi connectivity index (χ1n) is 10.4. The Balaban J connectivity index is 1.17. The Hall–Kier alpha value is -3.20. The monoisotopic (exact) mass is 433 g/mol. The number of nitrogens with one attached hydrogen (secondary N) is 1. The van der Waals surface area contributed by atoms with E-state index in [1.807, 2.05) is 47.0 Å². The Morgan fingerprint density at radius 2 is 1.87 bits per heavy atom. The highest BCUT2D eigenvalue weighted by molar-refractivity contribution is 7.99. The fourth-order valence-corrected chi connectivity index (χ4v) is 4.30. The molecule has 3 heterocycles. The molecule has 8 nitrogen and oxygen atoms in total. The molecule has 0 radical (unpaired) electrons. The molecular formula is C22H23N7OS. The van der Waals surface area contributed by atoms with E-state index in [9.17, 15) is 4.79 Å². The first-order valence-corrected chi connectivity index (χ1v) is 11.4. The molecule has 0 atom stereocenters. The van der Waals surface area contributed by atoms with E-state index in [-0.39, 0.29) is 5.91 Å². The summed E-state index contributed by atoms with van der Waals surface area (Å²) in [4.78, 5) is 12.4. The summed E-state index contributed by atoms with van der Waals surface area (Å²) in [6, 6.07) is 16.1. The summed E-state index contributed by atoms with van der Waals surface area (Å²) in [5.41, 5.74) is 2.01. The normalized spacial score (nSPS) is 13.5. The maximum atomic E-state index is 12.4. The molecule has 31 heavy (non-hydrogen) atoms. The lowest BCUT2D eigenvalue weighted by molar-refractivity contribution is -0.118. The molecule has 0 spiro atoms. The minimum atomic E-state index is -0.0268. The average molecular weight is 434 g/mol. The van der Waals surface area contributed by atoms with Crippen LogP contribution in [0.5, 0.6) is 0 Å². The van der Waals surface area contributed by atoms with Crippen LogP contribution >= 0.6 is 11.8 Å². The van der Waals surface area contributed by atoms with Gasteiger partial charge in [0.15, 0.2) is 10.8 Å². The summed E-state index contributed by atoms with van der Waals surface area (Å²) >= 11 is 1.44. The van der Waals surface area contributed by atoms with Gasteiger partial charge in [-0.3, -0.25) is 9.20 Å². The van der Waals surface area contributed by atoms with Crippen molar-refractivity contribution in [3.8, 4) is 0 Å². The number of fused-ring (bicyclic) bond motifs is 1. The van der Waals surface area contributed by atoms with Gasteiger partial charge in [0, 0.05) is 25.1 Å². The van der Waals surface area contributed by atoms with E-state index in [0.717, 1.165) is 41.8 Å². The SMILES string of the molecule is O=C(CSc1nnc(C2CC2)n1Cc1ccccc1)NCCc1nnc2ccccn12. The predicted octanol–water partition coefficient (Wildman–Crippen LogP) is 2.70. The number of thioether (sulfide) groups is 1. The largest absolute Gasteiger partial charge is 0.355 e. The van der Waals surface area contributed by atoms with Gasteiger partial charge in [-0.05, 0) is 30.5 Å². The van der Waals surface area contributed by atoms with Gasteiger partial charge in [0.1, 0.15) is 11.6 Å². The van der Waals surface area contributed by atoms with Gasteiger partial charge in [0.2, 0.25) is 5.91 Å². The number of benzene rings is 1. The van der Waals surface area contributed by atoms with E-state index in [0.29, 0.717) is 24.6 Å². The van der Waals surface area contributed by atoms with Gasteiger partial charge >= 0.3 is 0 Å². The molecule has 5 rings (SSSR count). The zero-order chi connectivity index (χ0) is 21.0. The topological polar surface area (TPSA) is 90.0 Å². The van der Waals surface area contributed by atoms with Crippen molar-refractivity contribution < 1.29 is 4.79 Å². The molecule has 158 valence electrons. The Labute approximate surface area is 184 Å². The van der Waals surface area contributed by atoms with Crippen molar-refractivity contribution in [3.05, 3.63) is 71.9 Å². The maximum absolute atomic E-state index is 12.4. The molecule has 1 saturated carbocycles. The summed E-state index contributed by atoms with van der Waals surface area (Å²) < 4.78 is 4.10. The highest BCUT2D eigenvalue weighted by atomic mass is 32.2. The average Bonchev–Trinajstić information content (AvgIpc) is 3.45. The van der Waals surface area contributed by atoms with Crippen LogP contribution in [0.3, 0.4) is 0 Å². The number of carbonyl (C=O) groups excluding carboxylic acids is 1. The highest BCUT2D eigenvalue weighted by Gasteiger charge is 2.30. The van der Waals surface area contributed by atoms with Gasteiger partial charge in [0.25, 0.3) is 0 Å². The molecular weight excluding hydrogens is 410 g/mol. The minimum Gasteiger partial charge on any atom is -0.355 e. The molecule has 1 fully saturated rings. The number of hydrogen-bond acceptors (Lipinski definition) is 6.